The normalized spacial score (nSPS) is 11.3. The molecule has 0 aliphatic heterocycles. The van der Waals surface area contributed by atoms with Crippen molar-refractivity contribution in [1.82, 2.24) is 0 Å². The van der Waals surface area contributed by atoms with Crippen LogP contribution in [0.5, 0.6) is 0 Å². The van der Waals surface area contributed by atoms with Crippen LogP contribution in [-0.4, -0.2) is 23.5 Å². The summed E-state index contributed by atoms with van der Waals surface area (Å²) in [6.07, 6.45) is 0.956. The Labute approximate surface area is 108 Å². The smallest absolute Gasteiger partial charge is 0.356 e. The van der Waals surface area contributed by atoms with Crippen molar-refractivity contribution < 1.29 is 14.7 Å². The summed E-state index contributed by atoms with van der Waals surface area (Å²) in [5.41, 5.74) is 1.10. The number of benzene rings is 1. The van der Waals surface area contributed by atoms with Gasteiger partial charge < -0.3 is 9.94 Å². The second-order valence-electron chi connectivity index (χ2n) is 3.36. The van der Waals surface area contributed by atoms with Crippen LogP contribution < -0.4 is 0 Å². The van der Waals surface area contributed by atoms with Gasteiger partial charge in [0.05, 0.1) is 6.61 Å². The zero-order valence-corrected chi connectivity index (χ0v) is 11.1. The van der Waals surface area contributed by atoms with Gasteiger partial charge in [0.15, 0.2) is 5.71 Å². The first-order chi connectivity index (χ1) is 8.19. The number of carbonyl (C=O) groups excluding carboxylic acids is 1. The van der Waals surface area contributed by atoms with Gasteiger partial charge in [0, 0.05) is 10.9 Å². The van der Waals surface area contributed by atoms with E-state index in [4.69, 9.17) is 9.94 Å². The molecule has 0 spiro atoms. The third-order valence-electron chi connectivity index (χ3n) is 2.22. The Balaban J connectivity index is 2.60. The van der Waals surface area contributed by atoms with Gasteiger partial charge in [-0.1, -0.05) is 39.3 Å². The molecule has 0 aliphatic carbocycles. The summed E-state index contributed by atoms with van der Waals surface area (Å²) >= 11 is 3.42. The number of carbonyl (C=O) groups is 1. The van der Waals surface area contributed by atoms with Gasteiger partial charge in [-0.15, -0.1) is 0 Å². The van der Waals surface area contributed by atoms with Crippen LogP contribution in [0.4, 0.5) is 0 Å². The zero-order valence-electron chi connectivity index (χ0n) is 9.52. The Morgan fingerprint density at radius 3 is 2.76 bits per heavy atom. The fourth-order valence-corrected chi connectivity index (χ4v) is 1.84. The fraction of sp³-hybridized carbons (Fsp3) is 0.333. The van der Waals surface area contributed by atoms with E-state index in [0.29, 0.717) is 12.8 Å². The van der Waals surface area contributed by atoms with Gasteiger partial charge in [-0.2, -0.15) is 0 Å². The number of aryl methyl sites for hydroxylation is 1. The lowest BCUT2D eigenvalue weighted by Gasteiger charge is -2.05. The average molecular weight is 300 g/mol. The molecule has 0 fully saturated rings. The summed E-state index contributed by atoms with van der Waals surface area (Å²) < 4.78 is 5.75. The minimum absolute atomic E-state index is 0.0441. The van der Waals surface area contributed by atoms with Crippen molar-refractivity contribution in [2.24, 2.45) is 5.16 Å². The minimum Gasteiger partial charge on any atom is -0.461 e. The van der Waals surface area contributed by atoms with Crippen LogP contribution >= 0.6 is 15.9 Å². The highest BCUT2D eigenvalue weighted by molar-refractivity contribution is 9.10. The molecule has 0 atom stereocenters. The molecule has 0 saturated carbocycles. The number of rotatable bonds is 5. The van der Waals surface area contributed by atoms with Gasteiger partial charge in [-0.05, 0) is 25.0 Å². The van der Waals surface area contributed by atoms with E-state index in [2.05, 4.69) is 21.1 Å². The van der Waals surface area contributed by atoms with E-state index in [1.165, 1.54) is 0 Å². The van der Waals surface area contributed by atoms with E-state index in [1.807, 2.05) is 24.3 Å². The lowest BCUT2D eigenvalue weighted by Crippen LogP contribution is -2.18. The van der Waals surface area contributed by atoms with E-state index >= 15 is 0 Å². The van der Waals surface area contributed by atoms with Crippen molar-refractivity contribution in [2.45, 2.75) is 19.8 Å². The van der Waals surface area contributed by atoms with Gasteiger partial charge >= 0.3 is 5.97 Å². The molecule has 0 bridgehead atoms. The number of hydrogen-bond donors (Lipinski definition) is 1. The summed E-state index contributed by atoms with van der Waals surface area (Å²) in [5.74, 6) is -0.568. The van der Waals surface area contributed by atoms with Crippen LogP contribution in [0.15, 0.2) is 33.9 Å². The Kier molecular flexibility index (Phi) is 5.69. The second kappa shape index (κ2) is 7.06. The predicted octanol–water partition coefficient (Wildman–Crippen LogP) is 2.78. The third kappa shape index (κ3) is 4.19. The average Bonchev–Trinajstić information content (AvgIpc) is 2.32. The molecule has 0 heterocycles. The molecule has 1 rings (SSSR count). The molecule has 0 saturated heterocycles. The van der Waals surface area contributed by atoms with Crippen LogP contribution in [-0.2, 0) is 16.0 Å². The Bertz CT molecular complexity index is 418. The van der Waals surface area contributed by atoms with Crippen LogP contribution in [0.3, 0.4) is 0 Å². The molecule has 5 heteroatoms. The predicted molar refractivity (Wildman–Crippen MR) is 68.3 cm³/mol. The van der Waals surface area contributed by atoms with E-state index in [0.717, 1.165) is 10.0 Å². The monoisotopic (exact) mass is 299 g/mol. The van der Waals surface area contributed by atoms with Crippen molar-refractivity contribution >= 4 is 27.6 Å². The molecule has 17 heavy (non-hydrogen) atoms. The van der Waals surface area contributed by atoms with Crippen molar-refractivity contribution in [2.75, 3.05) is 6.61 Å². The first-order valence-corrected chi connectivity index (χ1v) is 6.09. The Morgan fingerprint density at radius 2 is 2.18 bits per heavy atom. The molecule has 0 amide bonds. The molecular weight excluding hydrogens is 286 g/mol. The minimum atomic E-state index is -0.568. The molecule has 4 nitrogen and oxygen atoms in total. The van der Waals surface area contributed by atoms with Gasteiger partial charge in [-0.25, -0.2) is 4.79 Å². The number of nitrogens with zero attached hydrogens (tertiary/aromatic N) is 1. The fourth-order valence-electron chi connectivity index (χ4n) is 1.36. The lowest BCUT2D eigenvalue weighted by molar-refractivity contribution is -0.135. The van der Waals surface area contributed by atoms with Gasteiger partial charge in [0.2, 0.25) is 0 Å². The van der Waals surface area contributed by atoms with Crippen molar-refractivity contribution in [3.63, 3.8) is 0 Å². The summed E-state index contributed by atoms with van der Waals surface area (Å²) in [5, 5.41) is 11.7. The SMILES string of the molecule is CCOC(=O)/C(CCc1ccccc1Br)=N\O. The second-order valence-corrected chi connectivity index (χ2v) is 4.21. The van der Waals surface area contributed by atoms with Crippen LogP contribution in [0, 0.1) is 0 Å². The highest BCUT2D eigenvalue weighted by Crippen LogP contribution is 2.17. The number of oxime groups is 1. The maximum absolute atomic E-state index is 11.4. The summed E-state index contributed by atoms with van der Waals surface area (Å²) in [7, 11) is 0. The van der Waals surface area contributed by atoms with Crippen LogP contribution in [0.2, 0.25) is 0 Å². The topological polar surface area (TPSA) is 58.9 Å². The van der Waals surface area contributed by atoms with E-state index < -0.39 is 5.97 Å². The van der Waals surface area contributed by atoms with E-state index in [1.54, 1.807) is 6.92 Å². The number of hydrogen-bond acceptors (Lipinski definition) is 4. The standard InChI is InChI=1S/C12H14BrNO3/c1-2-17-12(15)11(14-16)8-7-9-5-3-4-6-10(9)13/h3-6,16H,2,7-8H2,1H3/b14-11-. The van der Waals surface area contributed by atoms with E-state index in [9.17, 15) is 4.79 Å². The molecule has 0 aliphatic rings. The quantitative estimate of drug-likeness (QED) is 0.394. The van der Waals surface area contributed by atoms with Gasteiger partial charge in [-0.3, -0.25) is 0 Å². The summed E-state index contributed by atoms with van der Waals surface area (Å²) in [6.45, 7) is 1.98. The molecule has 0 radical (unpaired) electrons. The zero-order chi connectivity index (χ0) is 12.7. The van der Waals surface area contributed by atoms with Gasteiger partial charge in [0.25, 0.3) is 0 Å². The Morgan fingerprint density at radius 1 is 1.47 bits per heavy atom. The molecule has 1 aromatic rings. The Hall–Kier alpha value is -1.36. The first kappa shape index (κ1) is 13.7. The molecule has 0 unspecified atom stereocenters. The highest BCUT2D eigenvalue weighted by Gasteiger charge is 2.13. The van der Waals surface area contributed by atoms with Crippen LogP contribution in [0.25, 0.3) is 0 Å². The maximum Gasteiger partial charge on any atom is 0.356 e. The molecule has 1 N–H and O–H groups in total. The third-order valence-corrected chi connectivity index (χ3v) is 2.99. The lowest BCUT2D eigenvalue weighted by atomic mass is 10.1. The van der Waals surface area contributed by atoms with Gasteiger partial charge in [0.1, 0.15) is 0 Å². The summed E-state index contributed by atoms with van der Waals surface area (Å²) in [6, 6.07) is 7.71. The molecule has 92 valence electrons. The number of esters is 1. The first-order valence-electron chi connectivity index (χ1n) is 5.30. The molecule has 0 aromatic heterocycles. The molecule has 1 aromatic carbocycles. The van der Waals surface area contributed by atoms with E-state index in [-0.39, 0.29) is 12.3 Å². The van der Waals surface area contributed by atoms with Crippen molar-refractivity contribution in [3.05, 3.63) is 34.3 Å². The van der Waals surface area contributed by atoms with Crippen LogP contribution in [0.1, 0.15) is 18.9 Å². The number of halogens is 1. The van der Waals surface area contributed by atoms with Crippen molar-refractivity contribution in [1.29, 1.82) is 0 Å². The highest BCUT2D eigenvalue weighted by atomic mass is 79.9. The largest absolute Gasteiger partial charge is 0.461 e. The summed E-state index contributed by atoms with van der Waals surface area (Å²) in [4.78, 5) is 11.4. The number of ether oxygens (including phenoxy) is 1. The molecular formula is C12H14BrNO3. The maximum atomic E-state index is 11.4. The van der Waals surface area contributed by atoms with Crippen molar-refractivity contribution in [3.8, 4) is 0 Å².